The molecule has 1 aliphatic rings. The molecule has 1 amide bonds. The summed E-state index contributed by atoms with van der Waals surface area (Å²) in [6.45, 7) is 3.03. The lowest BCUT2D eigenvalue weighted by molar-refractivity contribution is -0.0964. The zero-order valence-corrected chi connectivity index (χ0v) is 18.8. The van der Waals surface area contributed by atoms with E-state index in [4.69, 9.17) is 21.3 Å². The van der Waals surface area contributed by atoms with Crippen LogP contribution in [0, 0.1) is 0 Å². The average molecular weight is 491 g/mol. The minimum atomic E-state index is -3.81. The molecule has 3 heterocycles. The van der Waals surface area contributed by atoms with Gasteiger partial charge in [-0.2, -0.15) is 0 Å². The van der Waals surface area contributed by atoms with E-state index in [1.54, 1.807) is 18.3 Å². The summed E-state index contributed by atoms with van der Waals surface area (Å²) in [6.07, 6.45) is 1.71. The number of hydrogen-bond donors (Lipinski definition) is 1. The SMILES string of the molecule is C[C@@H]1COCc2nc3cc(C(=O)Nc4ccc(OC(F)(F)Cl)cc4)cc(-c4nccs4)c3n21. The largest absolute Gasteiger partial charge is 0.487 e. The van der Waals surface area contributed by atoms with Crippen LogP contribution in [0.15, 0.2) is 48.0 Å². The summed E-state index contributed by atoms with van der Waals surface area (Å²) in [6, 6.07) is 9.10. The van der Waals surface area contributed by atoms with Gasteiger partial charge in [0.25, 0.3) is 5.91 Å². The van der Waals surface area contributed by atoms with E-state index in [-0.39, 0.29) is 17.7 Å². The number of thiazole rings is 1. The number of anilines is 1. The topological polar surface area (TPSA) is 78.3 Å². The Bertz CT molecular complexity index is 1320. The number of rotatable bonds is 5. The van der Waals surface area contributed by atoms with Crippen LogP contribution < -0.4 is 10.1 Å². The van der Waals surface area contributed by atoms with E-state index in [2.05, 4.69) is 26.5 Å². The predicted molar refractivity (Wildman–Crippen MR) is 121 cm³/mol. The Morgan fingerprint density at radius 1 is 1.33 bits per heavy atom. The number of alkyl halides is 3. The summed E-state index contributed by atoms with van der Waals surface area (Å²) in [5, 5.41) is 5.42. The van der Waals surface area contributed by atoms with Gasteiger partial charge in [0.2, 0.25) is 0 Å². The third kappa shape index (κ3) is 4.41. The highest BCUT2D eigenvalue weighted by Crippen LogP contribution is 2.36. The van der Waals surface area contributed by atoms with Crippen molar-refractivity contribution in [1.29, 1.82) is 0 Å². The minimum absolute atomic E-state index is 0.0956. The first-order valence-corrected chi connectivity index (χ1v) is 11.2. The predicted octanol–water partition coefficient (Wildman–Crippen LogP) is 5.67. The quantitative estimate of drug-likeness (QED) is 0.365. The van der Waals surface area contributed by atoms with Crippen LogP contribution in [0.1, 0.15) is 29.1 Å². The molecule has 0 spiro atoms. The van der Waals surface area contributed by atoms with Crippen molar-refractivity contribution in [3.63, 3.8) is 0 Å². The molecule has 170 valence electrons. The Morgan fingerprint density at radius 3 is 2.82 bits per heavy atom. The lowest BCUT2D eigenvalue weighted by Crippen LogP contribution is -2.21. The average Bonchev–Trinajstić information content (AvgIpc) is 3.41. The molecule has 5 rings (SSSR count). The number of carbonyl (C=O) groups is 1. The first-order chi connectivity index (χ1) is 15.8. The van der Waals surface area contributed by atoms with Crippen molar-refractivity contribution in [3.05, 3.63) is 59.4 Å². The van der Waals surface area contributed by atoms with E-state index in [9.17, 15) is 13.6 Å². The molecule has 11 heteroatoms. The van der Waals surface area contributed by atoms with Gasteiger partial charge in [-0.15, -0.1) is 20.1 Å². The number of nitrogens with zero attached hydrogens (tertiary/aromatic N) is 3. The van der Waals surface area contributed by atoms with Gasteiger partial charge in [-0.25, -0.2) is 9.97 Å². The van der Waals surface area contributed by atoms with E-state index >= 15 is 0 Å². The molecule has 2 aromatic carbocycles. The third-order valence-corrected chi connectivity index (χ3v) is 6.04. The van der Waals surface area contributed by atoms with Crippen molar-refractivity contribution in [3.8, 4) is 16.3 Å². The summed E-state index contributed by atoms with van der Waals surface area (Å²) in [5.41, 5.74) is -0.604. The number of amides is 1. The van der Waals surface area contributed by atoms with Gasteiger partial charge >= 0.3 is 5.57 Å². The summed E-state index contributed by atoms with van der Waals surface area (Å²) in [7, 11) is 0. The standard InChI is InChI=1S/C22H17ClF2N4O3S/c1-12-10-31-11-18-28-17-9-13(8-16(19(17)29(12)18)21-26-6-7-33-21)20(30)27-14-2-4-15(5-3-14)32-22(23,24)25/h2-9,12H,10-11H2,1H3,(H,27,30)/t12-/m1/s1. The normalized spacial score (nSPS) is 15.9. The van der Waals surface area contributed by atoms with Crippen molar-refractivity contribution < 1.29 is 23.0 Å². The Balaban J connectivity index is 1.50. The summed E-state index contributed by atoms with van der Waals surface area (Å²) in [4.78, 5) is 22.2. The van der Waals surface area contributed by atoms with Crippen LogP contribution in [-0.2, 0) is 11.3 Å². The highest BCUT2D eigenvalue weighted by atomic mass is 35.5. The minimum Gasteiger partial charge on any atom is -0.420 e. The van der Waals surface area contributed by atoms with Crippen LogP contribution in [0.5, 0.6) is 5.75 Å². The third-order valence-electron chi connectivity index (χ3n) is 5.16. The number of imidazole rings is 1. The van der Waals surface area contributed by atoms with Crippen molar-refractivity contribution in [2.45, 2.75) is 25.1 Å². The van der Waals surface area contributed by atoms with Crippen LogP contribution in [0.2, 0.25) is 0 Å². The molecule has 33 heavy (non-hydrogen) atoms. The maximum Gasteiger partial charge on any atom is 0.487 e. The maximum atomic E-state index is 13.0. The van der Waals surface area contributed by atoms with Crippen molar-refractivity contribution in [1.82, 2.24) is 14.5 Å². The number of halogens is 3. The molecule has 0 unspecified atom stereocenters. The monoisotopic (exact) mass is 490 g/mol. The summed E-state index contributed by atoms with van der Waals surface area (Å²) in [5.74, 6) is 0.299. The lowest BCUT2D eigenvalue weighted by Gasteiger charge is -2.23. The molecule has 1 N–H and O–H groups in total. The van der Waals surface area contributed by atoms with E-state index in [0.29, 0.717) is 30.0 Å². The number of aromatic nitrogens is 3. The molecule has 0 aliphatic carbocycles. The van der Waals surface area contributed by atoms with Gasteiger partial charge in [-0.1, -0.05) is 0 Å². The van der Waals surface area contributed by atoms with Crippen LogP contribution in [-0.4, -0.2) is 32.6 Å². The number of nitrogens with one attached hydrogen (secondary N) is 1. The van der Waals surface area contributed by atoms with Crippen LogP contribution in [0.25, 0.3) is 21.6 Å². The molecule has 0 radical (unpaired) electrons. The van der Waals surface area contributed by atoms with Crippen LogP contribution in [0.3, 0.4) is 0 Å². The number of fused-ring (bicyclic) bond motifs is 3. The lowest BCUT2D eigenvalue weighted by atomic mass is 10.1. The molecule has 2 aromatic heterocycles. The van der Waals surface area contributed by atoms with Gasteiger partial charge in [-0.05, 0) is 43.3 Å². The van der Waals surface area contributed by atoms with Crippen LogP contribution >= 0.6 is 22.9 Å². The van der Waals surface area contributed by atoms with Crippen molar-refractivity contribution in [2.75, 3.05) is 11.9 Å². The molecular formula is C22H17ClF2N4O3S. The summed E-state index contributed by atoms with van der Waals surface area (Å²) < 4.78 is 37.6. The molecule has 0 saturated carbocycles. The molecule has 0 bridgehead atoms. The molecule has 4 aromatic rings. The van der Waals surface area contributed by atoms with Crippen molar-refractivity contribution >= 4 is 45.6 Å². The smallest absolute Gasteiger partial charge is 0.420 e. The fourth-order valence-electron chi connectivity index (χ4n) is 3.85. The highest BCUT2D eigenvalue weighted by Gasteiger charge is 2.28. The van der Waals surface area contributed by atoms with E-state index < -0.39 is 5.57 Å². The Kier molecular flexibility index (Phi) is 5.51. The highest BCUT2D eigenvalue weighted by molar-refractivity contribution is 7.13. The zero-order chi connectivity index (χ0) is 23.2. The fourth-order valence-corrected chi connectivity index (χ4v) is 4.59. The number of carbonyl (C=O) groups excluding carboxylic acids is 1. The first-order valence-electron chi connectivity index (χ1n) is 9.98. The van der Waals surface area contributed by atoms with Gasteiger partial charge < -0.3 is 19.4 Å². The van der Waals surface area contributed by atoms with E-state index in [1.807, 2.05) is 5.38 Å². The van der Waals surface area contributed by atoms with E-state index in [0.717, 1.165) is 21.9 Å². The fraction of sp³-hybridized carbons (Fsp3) is 0.227. The second-order valence-electron chi connectivity index (χ2n) is 7.52. The molecule has 0 fully saturated rings. The first kappa shape index (κ1) is 21.7. The second kappa shape index (κ2) is 8.36. The zero-order valence-electron chi connectivity index (χ0n) is 17.2. The number of benzene rings is 2. The molecule has 1 atom stereocenters. The molecule has 1 aliphatic heterocycles. The molecular weight excluding hydrogens is 474 g/mol. The van der Waals surface area contributed by atoms with Gasteiger partial charge in [0.15, 0.2) is 0 Å². The molecule has 0 saturated heterocycles. The number of ether oxygens (including phenoxy) is 2. The second-order valence-corrected chi connectivity index (χ2v) is 8.85. The molecule has 7 nitrogen and oxygen atoms in total. The Morgan fingerprint density at radius 2 is 2.12 bits per heavy atom. The Hall–Kier alpha value is -3.08. The van der Waals surface area contributed by atoms with E-state index in [1.165, 1.54) is 35.6 Å². The van der Waals surface area contributed by atoms with Crippen molar-refractivity contribution in [2.24, 2.45) is 0 Å². The van der Waals surface area contributed by atoms with Crippen LogP contribution in [0.4, 0.5) is 14.5 Å². The van der Waals surface area contributed by atoms with Gasteiger partial charge in [0.1, 0.15) is 23.2 Å². The maximum absolute atomic E-state index is 13.0. The van der Waals surface area contributed by atoms with Gasteiger partial charge in [-0.3, -0.25) is 4.79 Å². The van der Waals surface area contributed by atoms with Gasteiger partial charge in [0, 0.05) is 40.0 Å². The summed E-state index contributed by atoms with van der Waals surface area (Å²) >= 11 is 6.25. The Labute approximate surface area is 195 Å². The number of hydrogen-bond acceptors (Lipinski definition) is 6. The van der Waals surface area contributed by atoms with Gasteiger partial charge in [0.05, 0.1) is 23.7 Å².